The molecule has 0 aromatic heterocycles. The van der Waals surface area contributed by atoms with Crippen LogP contribution in [0.5, 0.6) is 0 Å². The van der Waals surface area contributed by atoms with Gasteiger partial charge in [-0.25, -0.2) is 0 Å². The Labute approximate surface area is 93.2 Å². The Bertz CT molecular complexity index is 295. The minimum absolute atomic E-state index is 0.582. The van der Waals surface area contributed by atoms with Gasteiger partial charge in [0.05, 0.1) is 0 Å². The van der Waals surface area contributed by atoms with E-state index in [-0.39, 0.29) is 0 Å². The SMILES string of the molecule is Brc1cccc(CC2CNCCN2)c1. The standard InChI is InChI=1S/C11H15BrN2/c12-10-3-1-2-9(6-10)7-11-8-13-4-5-14-11/h1-3,6,11,13-14H,4-5,7-8H2. The average molecular weight is 255 g/mol. The number of hydrogen-bond acceptors (Lipinski definition) is 2. The maximum absolute atomic E-state index is 3.51. The van der Waals surface area contributed by atoms with E-state index in [1.165, 1.54) is 10.0 Å². The van der Waals surface area contributed by atoms with Crippen LogP contribution in [0.4, 0.5) is 0 Å². The van der Waals surface area contributed by atoms with Crippen molar-refractivity contribution in [2.75, 3.05) is 19.6 Å². The molecule has 0 bridgehead atoms. The van der Waals surface area contributed by atoms with Gasteiger partial charge in [-0.3, -0.25) is 0 Å². The zero-order valence-corrected chi connectivity index (χ0v) is 9.68. The molecular formula is C11H15BrN2. The Morgan fingerprint density at radius 1 is 1.36 bits per heavy atom. The van der Waals surface area contributed by atoms with Crippen molar-refractivity contribution in [1.29, 1.82) is 0 Å². The summed E-state index contributed by atoms with van der Waals surface area (Å²) in [5.41, 5.74) is 1.39. The fourth-order valence-electron chi connectivity index (χ4n) is 1.81. The summed E-state index contributed by atoms with van der Waals surface area (Å²) in [6, 6.07) is 9.11. The first-order valence-electron chi connectivity index (χ1n) is 5.03. The van der Waals surface area contributed by atoms with E-state index in [1.54, 1.807) is 0 Å². The summed E-state index contributed by atoms with van der Waals surface area (Å²) in [5, 5.41) is 6.90. The zero-order valence-electron chi connectivity index (χ0n) is 8.09. The predicted molar refractivity (Wildman–Crippen MR) is 62.5 cm³/mol. The van der Waals surface area contributed by atoms with Crippen LogP contribution in [0.15, 0.2) is 28.7 Å². The van der Waals surface area contributed by atoms with Crippen molar-refractivity contribution in [2.45, 2.75) is 12.5 Å². The Hall–Kier alpha value is -0.380. The summed E-state index contributed by atoms with van der Waals surface area (Å²) >= 11 is 3.49. The van der Waals surface area contributed by atoms with Crippen LogP contribution in [0.25, 0.3) is 0 Å². The average Bonchev–Trinajstić information content (AvgIpc) is 2.19. The summed E-state index contributed by atoms with van der Waals surface area (Å²) < 4.78 is 1.17. The molecule has 2 rings (SSSR count). The molecule has 76 valence electrons. The van der Waals surface area contributed by atoms with E-state index in [9.17, 15) is 0 Å². The van der Waals surface area contributed by atoms with Gasteiger partial charge in [-0.1, -0.05) is 28.1 Å². The molecule has 2 N–H and O–H groups in total. The Morgan fingerprint density at radius 3 is 3.00 bits per heavy atom. The van der Waals surface area contributed by atoms with Crippen molar-refractivity contribution in [3.8, 4) is 0 Å². The van der Waals surface area contributed by atoms with E-state index in [0.717, 1.165) is 26.1 Å². The number of nitrogens with one attached hydrogen (secondary N) is 2. The first kappa shape index (κ1) is 10.1. The van der Waals surface area contributed by atoms with E-state index < -0.39 is 0 Å². The van der Waals surface area contributed by atoms with Crippen LogP contribution in [-0.2, 0) is 6.42 Å². The minimum Gasteiger partial charge on any atom is -0.314 e. The second-order valence-corrected chi connectivity index (χ2v) is 4.60. The van der Waals surface area contributed by atoms with E-state index in [0.29, 0.717) is 6.04 Å². The molecular weight excluding hydrogens is 240 g/mol. The predicted octanol–water partition coefficient (Wildman–Crippen LogP) is 1.55. The Kier molecular flexibility index (Phi) is 3.56. The summed E-state index contributed by atoms with van der Waals surface area (Å²) in [6.45, 7) is 3.25. The number of halogens is 1. The third kappa shape index (κ3) is 2.80. The number of piperazine rings is 1. The minimum atomic E-state index is 0.582. The number of rotatable bonds is 2. The molecule has 1 atom stereocenters. The van der Waals surface area contributed by atoms with Gasteiger partial charge < -0.3 is 10.6 Å². The van der Waals surface area contributed by atoms with Gasteiger partial charge in [0.2, 0.25) is 0 Å². The van der Waals surface area contributed by atoms with Gasteiger partial charge in [0.1, 0.15) is 0 Å². The monoisotopic (exact) mass is 254 g/mol. The smallest absolute Gasteiger partial charge is 0.0233 e. The second kappa shape index (κ2) is 4.91. The fraction of sp³-hybridized carbons (Fsp3) is 0.455. The van der Waals surface area contributed by atoms with Crippen LogP contribution >= 0.6 is 15.9 Å². The van der Waals surface area contributed by atoms with Crippen LogP contribution in [0.3, 0.4) is 0 Å². The van der Waals surface area contributed by atoms with Crippen molar-refractivity contribution in [1.82, 2.24) is 10.6 Å². The topological polar surface area (TPSA) is 24.1 Å². The molecule has 1 fully saturated rings. The van der Waals surface area contributed by atoms with E-state index >= 15 is 0 Å². The molecule has 0 saturated carbocycles. The maximum Gasteiger partial charge on any atom is 0.0233 e. The van der Waals surface area contributed by atoms with Crippen molar-refractivity contribution in [2.24, 2.45) is 0 Å². The van der Waals surface area contributed by atoms with Crippen molar-refractivity contribution in [3.63, 3.8) is 0 Å². The molecule has 1 aromatic carbocycles. The molecule has 1 saturated heterocycles. The fourth-order valence-corrected chi connectivity index (χ4v) is 2.25. The van der Waals surface area contributed by atoms with E-state index in [2.05, 4.69) is 50.8 Å². The molecule has 1 aromatic rings. The third-order valence-electron chi connectivity index (χ3n) is 2.50. The molecule has 1 aliphatic heterocycles. The van der Waals surface area contributed by atoms with Crippen LogP contribution in [0, 0.1) is 0 Å². The van der Waals surface area contributed by atoms with E-state index in [1.807, 2.05) is 0 Å². The van der Waals surface area contributed by atoms with Gasteiger partial charge in [0.15, 0.2) is 0 Å². The Morgan fingerprint density at radius 2 is 2.29 bits per heavy atom. The Balaban J connectivity index is 1.95. The largest absolute Gasteiger partial charge is 0.314 e. The zero-order chi connectivity index (χ0) is 9.80. The van der Waals surface area contributed by atoms with Gasteiger partial charge in [-0.2, -0.15) is 0 Å². The van der Waals surface area contributed by atoms with Gasteiger partial charge in [0, 0.05) is 30.1 Å². The summed E-state index contributed by atoms with van der Waals surface area (Å²) in [4.78, 5) is 0. The summed E-state index contributed by atoms with van der Waals surface area (Å²) in [5.74, 6) is 0. The lowest BCUT2D eigenvalue weighted by atomic mass is 10.1. The van der Waals surface area contributed by atoms with Gasteiger partial charge in [-0.05, 0) is 24.1 Å². The normalized spacial score (nSPS) is 22.2. The lowest BCUT2D eigenvalue weighted by molar-refractivity contribution is 0.416. The molecule has 2 nitrogen and oxygen atoms in total. The highest BCUT2D eigenvalue weighted by molar-refractivity contribution is 9.10. The van der Waals surface area contributed by atoms with Crippen molar-refractivity contribution >= 4 is 15.9 Å². The molecule has 0 radical (unpaired) electrons. The maximum atomic E-state index is 3.51. The van der Waals surface area contributed by atoms with Crippen LogP contribution in [-0.4, -0.2) is 25.7 Å². The van der Waals surface area contributed by atoms with Gasteiger partial charge >= 0.3 is 0 Å². The first-order chi connectivity index (χ1) is 6.84. The first-order valence-corrected chi connectivity index (χ1v) is 5.82. The summed E-state index contributed by atoms with van der Waals surface area (Å²) in [7, 11) is 0. The highest BCUT2D eigenvalue weighted by atomic mass is 79.9. The molecule has 3 heteroatoms. The van der Waals surface area contributed by atoms with Crippen LogP contribution < -0.4 is 10.6 Å². The van der Waals surface area contributed by atoms with Crippen LogP contribution in [0.2, 0.25) is 0 Å². The number of hydrogen-bond donors (Lipinski definition) is 2. The number of benzene rings is 1. The lowest BCUT2D eigenvalue weighted by Crippen LogP contribution is -2.49. The third-order valence-corrected chi connectivity index (χ3v) is 2.99. The lowest BCUT2D eigenvalue weighted by Gasteiger charge is -2.24. The molecule has 0 amide bonds. The van der Waals surface area contributed by atoms with Crippen LogP contribution in [0.1, 0.15) is 5.56 Å². The molecule has 0 aliphatic carbocycles. The second-order valence-electron chi connectivity index (χ2n) is 3.69. The van der Waals surface area contributed by atoms with Gasteiger partial charge in [0.25, 0.3) is 0 Å². The molecule has 1 unspecified atom stereocenters. The van der Waals surface area contributed by atoms with E-state index in [4.69, 9.17) is 0 Å². The molecule has 14 heavy (non-hydrogen) atoms. The highest BCUT2D eigenvalue weighted by Crippen LogP contribution is 2.13. The van der Waals surface area contributed by atoms with Crippen molar-refractivity contribution in [3.05, 3.63) is 34.3 Å². The molecule has 0 spiro atoms. The summed E-state index contributed by atoms with van der Waals surface area (Å²) in [6.07, 6.45) is 1.10. The quantitative estimate of drug-likeness (QED) is 0.837. The van der Waals surface area contributed by atoms with Gasteiger partial charge in [-0.15, -0.1) is 0 Å². The highest BCUT2D eigenvalue weighted by Gasteiger charge is 2.11. The van der Waals surface area contributed by atoms with Crippen molar-refractivity contribution < 1.29 is 0 Å². The molecule has 1 aliphatic rings. The molecule has 1 heterocycles.